The number of anilines is 1. The van der Waals surface area contributed by atoms with E-state index in [1.807, 2.05) is 48.5 Å². The van der Waals surface area contributed by atoms with Gasteiger partial charge in [-0.15, -0.1) is 0 Å². The smallest absolute Gasteiger partial charge is 0.407 e. The molecule has 0 saturated carbocycles. The summed E-state index contributed by atoms with van der Waals surface area (Å²) in [4.78, 5) is 36.5. The van der Waals surface area contributed by atoms with Gasteiger partial charge in [-0.05, 0) is 46.9 Å². The van der Waals surface area contributed by atoms with Gasteiger partial charge in [-0.3, -0.25) is 9.59 Å². The maximum atomic E-state index is 12.8. The van der Waals surface area contributed by atoms with Crippen molar-refractivity contribution >= 4 is 46.9 Å². The molecule has 0 aromatic heterocycles. The van der Waals surface area contributed by atoms with E-state index in [-0.39, 0.29) is 30.4 Å². The van der Waals surface area contributed by atoms with Gasteiger partial charge in [0.05, 0.1) is 10.0 Å². The van der Waals surface area contributed by atoms with E-state index in [4.69, 9.17) is 33.0 Å². The first-order chi connectivity index (χ1) is 16.8. The number of nitrogens with one attached hydrogen (secondary N) is 2. The Kier molecular flexibility index (Phi) is 7.58. The molecule has 9 heteroatoms. The molecule has 3 aromatic rings. The van der Waals surface area contributed by atoms with Crippen molar-refractivity contribution in [1.82, 2.24) is 5.32 Å². The highest BCUT2D eigenvalue weighted by atomic mass is 35.5. The van der Waals surface area contributed by atoms with Crippen molar-refractivity contribution in [2.45, 2.75) is 24.8 Å². The van der Waals surface area contributed by atoms with Crippen LogP contribution in [0.2, 0.25) is 10.0 Å². The Labute approximate surface area is 212 Å². The molecule has 35 heavy (non-hydrogen) atoms. The number of ether oxygens (including phenoxy) is 1. The minimum atomic E-state index is -1.13. The van der Waals surface area contributed by atoms with Crippen LogP contribution in [0.1, 0.15) is 29.9 Å². The maximum Gasteiger partial charge on any atom is 0.407 e. The lowest BCUT2D eigenvalue weighted by molar-refractivity contribution is -0.137. The summed E-state index contributed by atoms with van der Waals surface area (Å²) in [6.07, 6.45) is -1.25. The van der Waals surface area contributed by atoms with Crippen LogP contribution in [-0.4, -0.2) is 35.7 Å². The lowest BCUT2D eigenvalue weighted by Gasteiger charge is -2.19. The van der Waals surface area contributed by atoms with E-state index in [9.17, 15) is 14.4 Å². The Morgan fingerprint density at radius 2 is 1.54 bits per heavy atom. The Balaban J connectivity index is 1.43. The molecule has 0 saturated heterocycles. The van der Waals surface area contributed by atoms with Crippen LogP contribution < -0.4 is 10.6 Å². The number of aliphatic carboxylic acids is 1. The maximum absolute atomic E-state index is 12.8. The lowest BCUT2D eigenvalue weighted by atomic mass is 9.98. The van der Waals surface area contributed by atoms with Gasteiger partial charge >= 0.3 is 12.1 Å². The third-order valence-electron chi connectivity index (χ3n) is 5.79. The molecule has 4 rings (SSSR count). The number of halogens is 2. The van der Waals surface area contributed by atoms with Crippen LogP contribution in [0, 0.1) is 0 Å². The molecule has 0 fully saturated rings. The Morgan fingerprint density at radius 3 is 2.14 bits per heavy atom. The van der Waals surface area contributed by atoms with E-state index in [1.165, 1.54) is 12.1 Å². The summed E-state index contributed by atoms with van der Waals surface area (Å²) in [5, 5.41) is 14.7. The predicted molar refractivity (Wildman–Crippen MR) is 134 cm³/mol. The van der Waals surface area contributed by atoms with E-state index in [0.29, 0.717) is 10.7 Å². The molecule has 0 radical (unpaired) electrons. The van der Waals surface area contributed by atoms with Crippen molar-refractivity contribution in [2.24, 2.45) is 0 Å². The number of rotatable bonds is 8. The number of benzene rings is 3. The SMILES string of the molecule is O=C(O)CCC(NC(=O)OCC1c2ccccc2-c2ccccc21)C(=O)Nc1ccc(Cl)c(Cl)c1. The molecule has 1 atom stereocenters. The van der Waals surface area contributed by atoms with Gasteiger partial charge in [-0.2, -0.15) is 0 Å². The highest BCUT2D eigenvalue weighted by Crippen LogP contribution is 2.44. The fourth-order valence-electron chi connectivity index (χ4n) is 4.12. The molecule has 1 aliphatic carbocycles. The lowest BCUT2D eigenvalue weighted by Crippen LogP contribution is -2.44. The normalized spacial score (nSPS) is 12.9. The number of amides is 2. The number of carboxylic acids is 1. The van der Waals surface area contributed by atoms with Crippen LogP contribution in [0.25, 0.3) is 11.1 Å². The fourth-order valence-corrected chi connectivity index (χ4v) is 4.42. The largest absolute Gasteiger partial charge is 0.481 e. The van der Waals surface area contributed by atoms with Gasteiger partial charge < -0.3 is 20.5 Å². The molecule has 0 heterocycles. The van der Waals surface area contributed by atoms with Gasteiger partial charge in [0.15, 0.2) is 0 Å². The third kappa shape index (κ3) is 5.75. The van der Waals surface area contributed by atoms with Crippen LogP contribution in [0.5, 0.6) is 0 Å². The zero-order valence-corrected chi connectivity index (χ0v) is 20.0. The molecule has 0 aliphatic heterocycles. The van der Waals surface area contributed by atoms with Crippen molar-refractivity contribution in [2.75, 3.05) is 11.9 Å². The summed E-state index contributed by atoms with van der Waals surface area (Å²) in [5.74, 6) is -1.83. The average molecular weight is 513 g/mol. The number of alkyl carbamates (subject to hydrolysis) is 1. The van der Waals surface area contributed by atoms with Crippen molar-refractivity contribution in [3.8, 4) is 11.1 Å². The molecule has 2 amide bonds. The quantitative estimate of drug-likeness (QED) is 0.358. The van der Waals surface area contributed by atoms with Crippen molar-refractivity contribution in [1.29, 1.82) is 0 Å². The summed E-state index contributed by atoms with van der Waals surface area (Å²) in [6.45, 7) is 0.0694. The first kappa shape index (κ1) is 24.6. The topological polar surface area (TPSA) is 105 Å². The standard InChI is InChI=1S/C26H22Cl2N2O5/c27-21-10-9-15(13-22(21)28)29-25(33)23(11-12-24(31)32)30-26(34)35-14-20-18-7-3-1-5-16(18)17-6-2-4-8-19(17)20/h1-10,13,20,23H,11-12,14H2,(H,29,33)(H,30,34)(H,31,32). The van der Waals surface area contributed by atoms with Gasteiger partial charge in [-0.1, -0.05) is 71.7 Å². The van der Waals surface area contributed by atoms with Gasteiger partial charge in [0.25, 0.3) is 0 Å². The van der Waals surface area contributed by atoms with Gasteiger partial charge in [0, 0.05) is 18.0 Å². The summed E-state index contributed by atoms with van der Waals surface area (Å²) < 4.78 is 5.50. The highest BCUT2D eigenvalue weighted by Gasteiger charge is 2.30. The Bertz CT molecular complexity index is 1230. The molecule has 0 spiro atoms. The molecule has 3 aromatic carbocycles. The van der Waals surface area contributed by atoms with Gasteiger partial charge in [0.2, 0.25) is 5.91 Å². The number of hydrogen-bond acceptors (Lipinski definition) is 4. The van der Waals surface area contributed by atoms with Crippen LogP contribution in [0.4, 0.5) is 10.5 Å². The average Bonchev–Trinajstić information content (AvgIpc) is 3.16. The van der Waals surface area contributed by atoms with Crippen LogP contribution in [-0.2, 0) is 14.3 Å². The molecular weight excluding hydrogens is 491 g/mol. The molecule has 0 bridgehead atoms. The number of carbonyl (C=O) groups is 3. The van der Waals surface area contributed by atoms with Crippen LogP contribution >= 0.6 is 23.2 Å². The second kappa shape index (κ2) is 10.8. The van der Waals surface area contributed by atoms with E-state index in [0.717, 1.165) is 22.3 Å². The molecule has 7 nitrogen and oxygen atoms in total. The third-order valence-corrected chi connectivity index (χ3v) is 6.53. The molecule has 1 unspecified atom stereocenters. The van der Waals surface area contributed by atoms with Crippen molar-refractivity contribution in [3.63, 3.8) is 0 Å². The monoisotopic (exact) mass is 512 g/mol. The minimum Gasteiger partial charge on any atom is -0.481 e. The Hall–Kier alpha value is -3.55. The summed E-state index contributed by atoms with van der Waals surface area (Å²) in [7, 11) is 0. The minimum absolute atomic E-state index is 0.0694. The number of carbonyl (C=O) groups excluding carboxylic acids is 2. The summed E-state index contributed by atoms with van der Waals surface area (Å²) in [5.41, 5.74) is 4.66. The number of fused-ring (bicyclic) bond motifs is 3. The second-order valence-electron chi connectivity index (χ2n) is 8.07. The second-order valence-corrected chi connectivity index (χ2v) is 8.89. The first-order valence-corrected chi connectivity index (χ1v) is 11.7. The first-order valence-electron chi connectivity index (χ1n) is 10.9. The van der Waals surface area contributed by atoms with Crippen LogP contribution in [0.3, 0.4) is 0 Å². The highest BCUT2D eigenvalue weighted by molar-refractivity contribution is 6.42. The van der Waals surface area contributed by atoms with E-state index in [1.54, 1.807) is 6.07 Å². The van der Waals surface area contributed by atoms with E-state index < -0.39 is 24.0 Å². The van der Waals surface area contributed by atoms with Gasteiger partial charge in [-0.25, -0.2) is 4.79 Å². The number of carboxylic acid groups (broad SMARTS) is 1. The molecule has 3 N–H and O–H groups in total. The van der Waals surface area contributed by atoms with Crippen molar-refractivity contribution in [3.05, 3.63) is 87.9 Å². The molecule has 180 valence electrons. The Morgan fingerprint density at radius 1 is 0.914 bits per heavy atom. The summed E-state index contributed by atoms with van der Waals surface area (Å²) in [6, 6.07) is 19.3. The van der Waals surface area contributed by atoms with Crippen LogP contribution in [0.15, 0.2) is 66.7 Å². The van der Waals surface area contributed by atoms with Gasteiger partial charge in [0.1, 0.15) is 12.6 Å². The van der Waals surface area contributed by atoms with E-state index in [2.05, 4.69) is 10.6 Å². The van der Waals surface area contributed by atoms with Crippen molar-refractivity contribution < 1.29 is 24.2 Å². The number of hydrogen-bond donors (Lipinski definition) is 3. The fraction of sp³-hybridized carbons (Fsp3) is 0.192. The predicted octanol–water partition coefficient (Wildman–Crippen LogP) is 5.70. The molecule has 1 aliphatic rings. The zero-order chi connectivity index (χ0) is 24.9. The summed E-state index contributed by atoms with van der Waals surface area (Å²) >= 11 is 11.9. The van der Waals surface area contributed by atoms with E-state index >= 15 is 0 Å². The molecular formula is C26H22Cl2N2O5. The zero-order valence-electron chi connectivity index (χ0n) is 18.5.